The normalized spacial score (nSPS) is 11.6. The minimum atomic E-state index is 0.625. The average Bonchev–Trinajstić information content (AvgIpc) is 3.74. The quantitative estimate of drug-likeness (QED) is 0.185. The van der Waals surface area contributed by atoms with Crippen molar-refractivity contribution in [2.75, 3.05) is 0 Å². The predicted molar refractivity (Wildman–Crippen MR) is 209 cm³/mol. The third kappa shape index (κ3) is 4.55. The first-order valence-corrected chi connectivity index (χ1v) is 17.5. The fraction of sp³-hybridized carbons (Fsp3) is 0. The smallest absolute Gasteiger partial charge is 0.166 e. The number of aromatic nitrogens is 4. The average molecular weight is 657 g/mol. The molecule has 10 aromatic rings. The SMILES string of the molecule is c1ccc(-c2nc(-c3ccccc3)nc(-c3cccc(-c4ccccc4)c3-n3c4ccccc4c4ccc5c6ccccc6sc5c43)n2)cc1. The first kappa shape index (κ1) is 28.6. The fourth-order valence-electron chi connectivity index (χ4n) is 7.21. The van der Waals surface area contributed by atoms with E-state index in [0.717, 1.165) is 39.0 Å². The van der Waals surface area contributed by atoms with Crippen molar-refractivity contribution in [1.82, 2.24) is 19.5 Å². The highest BCUT2D eigenvalue weighted by Crippen LogP contribution is 2.46. The van der Waals surface area contributed by atoms with Gasteiger partial charge in [0.1, 0.15) is 0 Å². The van der Waals surface area contributed by atoms with Crippen molar-refractivity contribution in [3.63, 3.8) is 0 Å². The van der Waals surface area contributed by atoms with Crippen molar-refractivity contribution in [1.29, 1.82) is 0 Å². The van der Waals surface area contributed by atoms with Crippen LogP contribution >= 0.6 is 11.3 Å². The van der Waals surface area contributed by atoms with E-state index in [1.807, 2.05) is 47.7 Å². The molecule has 0 radical (unpaired) electrons. The Hall–Kier alpha value is -6.43. The first-order valence-electron chi connectivity index (χ1n) is 16.7. The van der Waals surface area contributed by atoms with E-state index in [2.05, 4.69) is 138 Å². The Labute approximate surface area is 292 Å². The highest BCUT2D eigenvalue weighted by Gasteiger charge is 2.24. The topological polar surface area (TPSA) is 43.6 Å². The van der Waals surface area contributed by atoms with Crippen LogP contribution in [0, 0.1) is 0 Å². The Morgan fingerprint density at radius 3 is 1.62 bits per heavy atom. The molecular formula is C45H28N4S. The molecular weight excluding hydrogens is 629 g/mol. The number of para-hydroxylation sites is 2. The summed E-state index contributed by atoms with van der Waals surface area (Å²) >= 11 is 1.86. The molecule has 0 fully saturated rings. The molecule has 234 valence electrons. The highest BCUT2D eigenvalue weighted by molar-refractivity contribution is 7.26. The molecule has 10 rings (SSSR count). The van der Waals surface area contributed by atoms with Crippen LogP contribution in [0.3, 0.4) is 0 Å². The molecule has 0 unspecified atom stereocenters. The summed E-state index contributed by atoms with van der Waals surface area (Å²) < 4.78 is 5.01. The summed E-state index contributed by atoms with van der Waals surface area (Å²) in [4.78, 5) is 15.5. The Bertz CT molecular complexity index is 2800. The van der Waals surface area contributed by atoms with Gasteiger partial charge < -0.3 is 4.57 Å². The Balaban J connectivity index is 1.37. The van der Waals surface area contributed by atoms with E-state index in [4.69, 9.17) is 15.0 Å². The lowest BCUT2D eigenvalue weighted by Gasteiger charge is -2.19. The lowest BCUT2D eigenvalue weighted by molar-refractivity contribution is 1.07. The molecule has 3 heterocycles. The molecule has 0 spiro atoms. The van der Waals surface area contributed by atoms with Crippen LogP contribution in [-0.4, -0.2) is 19.5 Å². The zero-order chi connectivity index (χ0) is 33.0. The second kappa shape index (κ2) is 11.6. The van der Waals surface area contributed by atoms with Crippen LogP contribution in [0.2, 0.25) is 0 Å². The number of fused-ring (bicyclic) bond motifs is 7. The van der Waals surface area contributed by atoms with Crippen LogP contribution in [0.25, 0.3) is 93.0 Å². The zero-order valence-corrected chi connectivity index (χ0v) is 27.7. The van der Waals surface area contributed by atoms with Gasteiger partial charge in [-0.2, -0.15) is 0 Å². The van der Waals surface area contributed by atoms with Crippen LogP contribution in [0.15, 0.2) is 170 Å². The van der Waals surface area contributed by atoms with Crippen molar-refractivity contribution >= 4 is 53.3 Å². The van der Waals surface area contributed by atoms with Gasteiger partial charge in [0.25, 0.3) is 0 Å². The number of hydrogen-bond donors (Lipinski definition) is 0. The van der Waals surface area contributed by atoms with E-state index >= 15 is 0 Å². The first-order chi connectivity index (χ1) is 24.8. The van der Waals surface area contributed by atoms with Crippen LogP contribution in [0.1, 0.15) is 0 Å². The molecule has 4 nitrogen and oxygen atoms in total. The molecule has 7 aromatic carbocycles. The number of benzene rings is 7. The lowest BCUT2D eigenvalue weighted by Crippen LogP contribution is -2.05. The summed E-state index contributed by atoms with van der Waals surface area (Å²) in [7, 11) is 0. The molecule has 0 saturated heterocycles. The molecule has 5 heteroatoms. The fourth-order valence-corrected chi connectivity index (χ4v) is 8.45. The van der Waals surface area contributed by atoms with Crippen molar-refractivity contribution < 1.29 is 0 Å². The van der Waals surface area contributed by atoms with Crippen molar-refractivity contribution in [3.05, 3.63) is 170 Å². The molecule has 0 N–H and O–H groups in total. The van der Waals surface area contributed by atoms with Gasteiger partial charge in [0, 0.05) is 48.5 Å². The van der Waals surface area contributed by atoms with E-state index < -0.39 is 0 Å². The minimum absolute atomic E-state index is 0.625. The molecule has 0 saturated carbocycles. The molecule has 3 aromatic heterocycles. The summed E-state index contributed by atoms with van der Waals surface area (Å²) in [6.45, 7) is 0. The minimum Gasteiger partial charge on any atom is -0.306 e. The maximum Gasteiger partial charge on any atom is 0.166 e. The predicted octanol–water partition coefficient (Wildman–Crippen LogP) is 12.0. The summed E-state index contributed by atoms with van der Waals surface area (Å²) in [5.74, 6) is 1.90. The number of nitrogens with zero attached hydrogens (tertiary/aromatic N) is 4. The van der Waals surface area contributed by atoms with Crippen LogP contribution in [0.5, 0.6) is 0 Å². The third-order valence-electron chi connectivity index (χ3n) is 9.46. The van der Waals surface area contributed by atoms with Gasteiger partial charge in [-0.3, -0.25) is 0 Å². The van der Waals surface area contributed by atoms with Gasteiger partial charge in [0.2, 0.25) is 0 Å². The number of thiophene rings is 1. The van der Waals surface area contributed by atoms with E-state index in [-0.39, 0.29) is 0 Å². The van der Waals surface area contributed by atoms with Crippen LogP contribution < -0.4 is 0 Å². The van der Waals surface area contributed by atoms with E-state index in [1.54, 1.807) is 0 Å². The molecule has 0 amide bonds. The van der Waals surface area contributed by atoms with Gasteiger partial charge in [-0.15, -0.1) is 11.3 Å². The standard InChI is InChI=1S/C45H28N4S/c1-4-15-29(16-5-1)32-23-14-24-37(45-47-43(30-17-6-2-7-18-30)46-44(48-45)31-19-8-3-9-20-31)40(32)49-38-25-12-10-21-33(38)35-27-28-36-34-22-11-13-26-39(34)50-42(36)41(35)49/h1-28H. The van der Waals surface area contributed by atoms with Crippen molar-refractivity contribution in [3.8, 4) is 51.0 Å². The van der Waals surface area contributed by atoms with Gasteiger partial charge in [0.15, 0.2) is 17.5 Å². The zero-order valence-electron chi connectivity index (χ0n) is 26.9. The van der Waals surface area contributed by atoms with E-state index in [0.29, 0.717) is 17.5 Å². The Morgan fingerprint density at radius 1 is 0.380 bits per heavy atom. The van der Waals surface area contributed by atoms with Crippen LogP contribution in [-0.2, 0) is 0 Å². The van der Waals surface area contributed by atoms with Gasteiger partial charge in [0.05, 0.1) is 21.4 Å². The molecule has 50 heavy (non-hydrogen) atoms. The van der Waals surface area contributed by atoms with Gasteiger partial charge >= 0.3 is 0 Å². The summed E-state index contributed by atoms with van der Waals surface area (Å²) in [5.41, 5.74) is 8.41. The van der Waals surface area contributed by atoms with Crippen molar-refractivity contribution in [2.45, 2.75) is 0 Å². The Kier molecular flexibility index (Phi) is 6.64. The van der Waals surface area contributed by atoms with Gasteiger partial charge in [-0.25, -0.2) is 15.0 Å². The summed E-state index contributed by atoms with van der Waals surface area (Å²) in [6.07, 6.45) is 0. The maximum absolute atomic E-state index is 5.23. The Morgan fingerprint density at radius 2 is 0.920 bits per heavy atom. The lowest BCUT2D eigenvalue weighted by atomic mass is 9.98. The van der Waals surface area contributed by atoms with Gasteiger partial charge in [-0.05, 0) is 23.8 Å². The number of hydrogen-bond acceptors (Lipinski definition) is 4. The molecule has 0 aliphatic rings. The number of rotatable bonds is 5. The summed E-state index contributed by atoms with van der Waals surface area (Å²) in [5, 5.41) is 4.97. The molecule has 0 aliphatic carbocycles. The third-order valence-corrected chi connectivity index (χ3v) is 10.7. The second-order valence-electron chi connectivity index (χ2n) is 12.4. The van der Waals surface area contributed by atoms with Crippen LogP contribution in [0.4, 0.5) is 0 Å². The molecule has 0 atom stereocenters. The molecule has 0 bridgehead atoms. The van der Waals surface area contributed by atoms with Crippen molar-refractivity contribution in [2.24, 2.45) is 0 Å². The largest absolute Gasteiger partial charge is 0.306 e. The molecule has 0 aliphatic heterocycles. The van der Waals surface area contributed by atoms with E-state index in [9.17, 15) is 0 Å². The van der Waals surface area contributed by atoms with E-state index in [1.165, 1.54) is 36.5 Å². The second-order valence-corrected chi connectivity index (χ2v) is 13.4. The monoisotopic (exact) mass is 656 g/mol. The highest BCUT2D eigenvalue weighted by atomic mass is 32.1. The summed E-state index contributed by atoms with van der Waals surface area (Å²) in [6, 6.07) is 59.5. The maximum atomic E-state index is 5.23. The van der Waals surface area contributed by atoms with Gasteiger partial charge in [-0.1, -0.05) is 152 Å².